The minimum Gasteiger partial charge on any atom is -0.469 e. The summed E-state index contributed by atoms with van der Waals surface area (Å²) in [6, 6.07) is 0. The van der Waals surface area contributed by atoms with E-state index in [2.05, 4.69) is 9.72 Å². The van der Waals surface area contributed by atoms with Crippen molar-refractivity contribution in [2.24, 2.45) is 0 Å². The number of carbonyl (C=O) groups is 1. The predicted molar refractivity (Wildman–Crippen MR) is 51.6 cm³/mol. The van der Waals surface area contributed by atoms with Gasteiger partial charge in [0.2, 0.25) is 0 Å². The molecule has 0 saturated heterocycles. The van der Waals surface area contributed by atoms with Gasteiger partial charge in [-0.15, -0.1) is 11.3 Å². The van der Waals surface area contributed by atoms with Gasteiger partial charge < -0.3 is 10.5 Å². The van der Waals surface area contributed by atoms with Crippen LogP contribution in [-0.2, 0) is 22.4 Å². The first-order valence-electron chi connectivity index (χ1n) is 3.98. The van der Waals surface area contributed by atoms with Crippen LogP contribution in [0.5, 0.6) is 0 Å². The van der Waals surface area contributed by atoms with E-state index in [1.807, 2.05) is 6.92 Å². The lowest BCUT2D eigenvalue weighted by atomic mass is 10.2. The number of hydrogen-bond donors (Lipinski definition) is 1. The molecule has 0 aromatic carbocycles. The van der Waals surface area contributed by atoms with Crippen molar-refractivity contribution in [3.8, 4) is 0 Å². The summed E-state index contributed by atoms with van der Waals surface area (Å²) >= 11 is 1.43. The largest absolute Gasteiger partial charge is 0.469 e. The first kappa shape index (κ1) is 9.98. The molecule has 0 bridgehead atoms. The number of thiazole rings is 1. The van der Waals surface area contributed by atoms with E-state index in [9.17, 15) is 4.79 Å². The van der Waals surface area contributed by atoms with Crippen LogP contribution in [0.4, 0.5) is 5.13 Å². The Labute approximate surface area is 80.7 Å². The van der Waals surface area contributed by atoms with Crippen LogP contribution in [0, 0.1) is 0 Å². The van der Waals surface area contributed by atoms with Gasteiger partial charge in [0.25, 0.3) is 0 Å². The molecule has 4 nitrogen and oxygen atoms in total. The summed E-state index contributed by atoms with van der Waals surface area (Å²) < 4.78 is 4.55. The first-order chi connectivity index (χ1) is 6.17. The summed E-state index contributed by atoms with van der Waals surface area (Å²) in [5.41, 5.74) is 6.27. The van der Waals surface area contributed by atoms with Crippen LogP contribution in [0.3, 0.4) is 0 Å². The molecule has 1 rings (SSSR count). The Morgan fingerprint density at radius 2 is 2.38 bits per heavy atom. The fraction of sp³-hybridized carbons (Fsp3) is 0.500. The summed E-state index contributed by atoms with van der Waals surface area (Å²) in [4.78, 5) is 16.1. The minimum atomic E-state index is -0.278. The van der Waals surface area contributed by atoms with Crippen LogP contribution in [0.25, 0.3) is 0 Å². The van der Waals surface area contributed by atoms with E-state index in [0.29, 0.717) is 5.13 Å². The van der Waals surface area contributed by atoms with Crippen LogP contribution in [0.1, 0.15) is 17.5 Å². The normalized spacial score (nSPS) is 10.0. The van der Waals surface area contributed by atoms with Gasteiger partial charge in [0.15, 0.2) is 5.13 Å². The molecule has 5 heteroatoms. The van der Waals surface area contributed by atoms with Crippen LogP contribution in [0.15, 0.2) is 0 Å². The first-order valence-corrected chi connectivity index (χ1v) is 4.79. The predicted octanol–water partition coefficient (Wildman–Crippen LogP) is 1.00. The molecule has 0 saturated carbocycles. The zero-order chi connectivity index (χ0) is 9.84. The van der Waals surface area contributed by atoms with Crippen molar-refractivity contribution in [3.05, 3.63) is 10.6 Å². The van der Waals surface area contributed by atoms with Crippen molar-refractivity contribution in [3.63, 3.8) is 0 Å². The average Bonchev–Trinajstić information content (AvgIpc) is 2.46. The fourth-order valence-corrected chi connectivity index (χ4v) is 1.81. The van der Waals surface area contributed by atoms with Crippen molar-refractivity contribution >= 4 is 22.4 Å². The van der Waals surface area contributed by atoms with Crippen LogP contribution >= 0.6 is 11.3 Å². The SMILES string of the molecule is CCc1sc(N)nc1CC(=O)OC. The van der Waals surface area contributed by atoms with Gasteiger partial charge in [-0.2, -0.15) is 0 Å². The molecular weight excluding hydrogens is 188 g/mol. The number of rotatable bonds is 3. The second-order valence-corrected chi connectivity index (χ2v) is 3.64. The number of anilines is 1. The van der Waals surface area contributed by atoms with Crippen LogP contribution in [0.2, 0.25) is 0 Å². The van der Waals surface area contributed by atoms with Gasteiger partial charge in [0.05, 0.1) is 19.2 Å². The lowest BCUT2D eigenvalue weighted by Gasteiger charge is -1.97. The summed E-state index contributed by atoms with van der Waals surface area (Å²) in [7, 11) is 1.36. The van der Waals surface area contributed by atoms with Crippen molar-refractivity contribution in [1.82, 2.24) is 4.98 Å². The van der Waals surface area contributed by atoms with E-state index < -0.39 is 0 Å². The minimum absolute atomic E-state index is 0.216. The monoisotopic (exact) mass is 200 g/mol. The lowest BCUT2D eigenvalue weighted by Crippen LogP contribution is -2.06. The third kappa shape index (κ3) is 2.42. The number of aromatic nitrogens is 1. The topological polar surface area (TPSA) is 65.2 Å². The molecule has 0 unspecified atom stereocenters. The van der Waals surface area contributed by atoms with Gasteiger partial charge in [0, 0.05) is 4.88 Å². The lowest BCUT2D eigenvalue weighted by molar-refractivity contribution is -0.139. The third-order valence-electron chi connectivity index (χ3n) is 1.66. The molecule has 1 aromatic heterocycles. The molecule has 0 fully saturated rings. The third-order valence-corrected chi connectivity index (χ3v) is 2.73. The highest BCUT2D eigenvalue weighted by Crippen LogP contribution is 2.21. The van der Waals surface area contributed by atoms with Gasteiger partial charge in [-0.25, -0.2) is 4.98 Å². The van der Waals surface area contributed by atoms with E-state index in [0.717, 1.165) is 17.0 Å². The molecule has 1 heterocycles. The summed E-state index contributed by atoms with van der Waals surface area (Å²) in [6.45, 7) is 2.01. The number of nitrogens with zero attached hydrogens (tertiary/aromatic N) is 1. The smallest absolute Gasteiger partial charge is 0.311 e. The highest BCUT2D eigenvalue weighted by Gasteiger charge is 2.11. The van der Waals surface area contributed by atoms with Gasteiger partial charge in [-0.05, 0) is 6.42 Å². The zero-order valence-electron chi connectivity index (χ0n) is 7.66. The molecule has 0 aliphatic heterocycles. The van der Waals surface area contributed by atoms with Gasteiger partial charge in [0.1, 0.15) is 0 Å². The standard InChI is InChI=1S/C8H12N2O2S/c1-3-6-5(4-7(11)12-2)10-8(9)13-6/h3-4H2,1-2H3,(H2,9,10). The number of esters is 1. The Kier molecular flexibility index (Phi) is 3.25. The van der Waals surface area contributed by atoms with Crippen LogP contribution < -0.4 is 5.73 Å². The fourth-order valence-electron chi connectivity index (χ4n) is 1.03. The van der Waals surface area contributed by atoms with E-state index in [1.165, 1.54) is 18.4 Å². The highest BCUT2D eigenvalue weighted by molar-refractivity contribution is 7.15. The van der Waals surface area contributed by atoms with E-state index in [1.54, 1.807) is 0 Å². The van der Waals surface area contributed by atoms with Gasteiger partial charge >= 0.3 is 5.97 Å². The molecule has 0 radical (unpaired) electrons. The quantitative estimate of drug-likeness (QED) is 0.739. The molecule has 0 aliphatic carbocycles. The number of hydrogen-bond acceptors (Lipinski definition) is 5. The number of ether oxygens (including phenoxy) is 1. The van der Waals surface area contributed by atoms with E-state index in [-0.39, 0.29) is 12.4 Å². The number of methoxy groups -OCH3 is 1. The van der Waals surface area contributed by atoms with Gasteiger partial charge in [-0.1, -0.05) is 6.92 Å². The number of carbonyl (C=O) groups excluding carboxylic acids is 1. The van der Waals surface area contributed by atoms with E-state index in [4.69, 9.17) is 5.73 Å². The van der Waals surface area contributed by atoms with Crippen LogP contribution in [-0.4, -0.2) is 18.1 Å². The second kappa shape index (κ2) is 4.23. The molecule has 1 aromatic rings. The Balaban J connectivity index is 2.80. The maximum absolute atomic E-state index is 11.0. The Hall–Kier alpha value is -1.10. The Morgan fingerprint density at radius 1 is 1.69 bits per heavy atom. The van der Waals surface area contributed by atoms with Gasteiger partial charge in [-0.3, -0.25) is 4.79 Å². The van der Waals surface area contributed by atoms with Crippen molar-refractivity contribution in [2.45, 2.75) is 19.8 Å². The highest BCUT2D eigenvalue weighted by atomic mass is 32.1. The zero-order valence-corrected chi connectivity index (χ0v) is 8.48. The molecule has 0 spiro atoms. The molecule has 0 atom stereocenters. The maximum Gasteiger partial charge on any atom is 0.311 e. The summed E-state index contributed by atoms with van der Waals surface area (Å²) in [5.74, 6) is -0.278. The number of nitrogen functional groups attached to an aromatic ring is 1. The maximum atomic E-state index is 11.0. The number of aryl methyl sites for hydroxylation is 1. The molecule has 0 amide bonds. The summed E-state index contributed by atoms with van der Waals surface area (Å²) in [5, 5.41) is 0.510. The van der Waals surface area contributed by atoms with E-state index >= 15 is 0 Å². The molecule has 13 heavy (non-hydrogen) atoms. The summed E-state index contributed by atoms with van der Waals surface area (Å²) in [6.07, 6.45) is 1.06. The Morgan fingerprint density at radius 3 is 2.92 bits per heavy atom. The Bertz CT molecular complexity index is 309. The molecule has 0 aliphatic rings. The number of nitrogens with two attached hydrogens (primary N) is 1. The average molecular weight is 200 g/mol. The van der Waals surface area contributed by atoms with Crippen molar-refractivity contribution in [2.75, 3.05) is 12.8 Å². The molecular formula is C8H12N2O2S. The molecule has 2 N–H and O–H groups in total. The van der Waals surface area contributed by atoms with Crippen molar-refractivity contribution in [1.29, 1.82) is 0 Å². The second-order valence-electron chi connectivity index (χ2n) is 2.53. The molecule has 72 valence electrons. The van der Waals surface area contributed by atoms with Crippen molar-refractivity contribution < 1.29 is 9.53 Å².